The number of para-hydroxylation sites is 1. The molecule has 6 nitrogen and oxygen atoms in total. The summed E-state index contributed by atoms with van der Waals surface area (Å²) in [6, 6.07) is 17.1. The maximum Gasteiger partial charge on any atom is 0.284 e. The summed E-state index contributed by atoms with van der Waals surface area (Å²) < 4.78 is 6.92. The van der Waals surface area contributed by atoms with E-state index in [9.17, 15) is 9.59 Å². The van der Waals surface area contributed by atoms with E-state index >= 15 is 0 Å². The third-order valence-corrected chi connectivity index (χ3v) is 5.36. The molecule has 0 spiro atoms. The normalized spacial score (nSPS) is 13.2. The highest BCUT2D eigenvalue weighted by atomic mass is 35.5. The van der Waals surface area contributed by atoms with Gasteiger partial charge in [-0.25, -0.2) is 9.58 Å². The van der Waals surface area contributed by atoms with Gasteiger partial charge in [-0.15, -0.1) is 0 Å². The smallest absolute Gasteiger partial charge is 0.284 e. The van der Waals surface area contributed by atoms with Crippen LogP contribution in [0.3, 0.4) is 0 Å². The van der Waals surface area contributed by atoms with E-state index in [-0.39, 0.29) is 16.3 Å². The predicted octanol–water partition coefficient (Wildman–Crippen LogP) is 5.24. The third-order valence-electron chi connectivity index (χ3n) is 4.62. The van der Waals surface area contributed by atoms with Gasteiger partial charge in [0.1, 0.15) is 17.0 Å². The van der Waals surface area contributed by atoms with Crippen molar-refractivity contribution in [2.24, 2.45) is 0 Å². The van der Waals surface area contributed by atoms with E-state index in [4.69, 9.17) is 27.6 Å². The highest BCUT2D eigenvalue weighted by Gasteiger charge is 2.44. The fourth-order valence-electron chi connectivity index (χ4n) is 3.33. The van der Waals surface area contributed by atoms with E-state index in [0.29, 0.717) is 27.9 Å². The van der Waals surface area contributed by atoms with Crippen LogP contribution in [0, 0.1) is 0 Å². The second kappa shape index (κ2) is 6.62. The zero-order valence-electron chi connectivity index (χ0n) is 14.7. The number of hydrogen-bond donors (Lipinski definition) is 0. The van der Waals surface area contributed by atoms with Crippen molar-refractivity contribution in [2.75, 3.05) is 4.90 Å². The van der Waals surface area contributed by atoms with E-state index in [0.717, 1.165) is 4.90 Å². The van der Waals surface area contributed by atoms with Crippen molar-refractivity contribution in [2.45, 2.75) is 0 Å². The molecule has 0 unspecified atom stereocenters. The molecule has 0 bridgehead atoms. The largest absolute Gasteiger partial charge is 0.463 e. The molecule has 29 heavy (non-hydrogen) atoms. The lowest BCUT2D eigenvalue weighted by Crippen LogP contribution is -2.31. The quantitative estimate of drug-likeness (QED) is 0.422. The zero-order valence-corrected chi connectivity index (χ0v) is 16.2. The number of imide groups is 1. The lowest BCUT2D eigenvalue weighted by molar-refractivity contribution is 0.0922. The van der Waals surface area contributed by atoms with Crippen molar-refractivity contribution in [1.29, 1.82) is 0 Å². The summed E-state index contributed by atoms with van der Waals surface area (Å²) in [6.07, 6.45) is 1.49. The number of furan rings is 1. The Labute approximate surface area is 174 Å². The van der Waals surface area contributed by atoms with Crippen molar-refractivity contribution in [3.63, 3.8) is 0 Å². The number of nitrogens with zero attached hydrogens (tertiary/aromatic N) is 3. The number of carbonyl (C=O) groups is 2. The Bertz CT molecular complexity index is 1260. The van der Waals surface area contributed by atoms with Crippen LogP contribution in [-0.2, 0) is 0 Å². The molecule has 2 aromatic carbocycles. The number of benzene rings is 2. The Kier molecular flexibility index (Phi) is 4.04. The first-order valence-corrected chi connectivity index (χ1v) is 9.38. The van der Waals surface area contributed by atoms with Crippen molar-refractivity contribution in [3.8, 4) is 17.1 Å². The Balaban J connectivity index is 1.73. The molecule has 1 aliphatic heterocycles. The van der Waals surface area contributed by atoms with E-state index in [2.05, 4.69) is 5.10 Å². The first kappa shape index (κ1) is 17.7. The highest BCUT2D eigenvalue weighted by Crippen LogP contribution is 2.37. The van der Waals surface area contributed by atoms with Crippen LogP contribution in [-0.4, -0.2) is 21.6 Å². The van der Waals surface area contributed by atoms with Crippen LogP contribution >= 0.6 is 23.2 Å². The summed E-state index contributed by atoms with van der Waals surface area (Å²) in [7, 11) is 0. The van der Waals surface area contributed by atoms with Crippen molar-refractivity contribution >= 4 is 40.7 Å². The minimum Gasteiger partial charge on any atom is -0.463 e. The number of aromatic nitrogens is 2. The van der Waals surface area contributed by atoms with E-state index < -0.39 is 11.8 Å². The van der Waals surface area contributed by atoms with Crippen LogP contribution in [0.15, 0.2) is 71.3 Å². The molecule has 0 fully saturated rings. The molecule has 5 rings (SSSR count). The van der Waals surface area contributed by atoms with E-state index in [1.54, 1.807) is 36.4 Å². The standard InChI is InChI=1S/C21H11Cl2N3O3/c22-14-9-8-13(11-15(14)23)25-20(27)17-18(16-7-4-10-29-16)24-26(19(17)21(25)28)12-5-2-1-3-6-12/h1-11H. The SMILES string of the molecule is O=C1c2c(-c3ccco3)nn(-c3ccccc3)c2C(=O)N1c1ccc(Cl)c(Cl)c1. The topological polar surface area (TPSA) is 68.3 Å². The molecule has 0 atom stereocenters. The first-order valence-electron chi connectivity index (χ1n) is 8.62. The number of anilines is 1. The molecule has 0 N–H and O–H groups in total. The molecule has 1 aliphatic rings. The van der Waals surface area contributed by atoms with Gasteiger partial charge in [0, 0.05) is 0 Å². The summed E-state index contributed by atoms with van der Waals surface area (Å²) in [5.41, 5.74) is 1.63. The van der Waals surface area contributed by atoms with Crippen LogP contribution in [0.4, 0.5) is 5.69 Å². The minimum atomic E-state index is -0.503. The van der Waals surface area contributed by atoms with Crippen LogP contribution in [0.1, 0.15) is 20.8 Å². The minimum absolute atomic E-state index is 0.165. The van der Waals surface area contributed by atoms with Crippen molar-refractivity contribution in [1.82, 2.24) is 9.78 Å². The third kappa shape index (κ3) is 2.68. The van der Waals surface area contributed by atoms with Gasteiger partial charge in [-0.2, -0.15) is 5.10 Å². The fourth-order valence-corrected chi connectivity index (χ4v) is 3.62. The van der Waals surface area contributed by atoms with Gasteiger partial charge >= 0.3 is 0 Å². The molecule has 3 heterocycles. The van der Waals surface area contributed by atoms with Gasteiger partial charge < -0.3 is 4.42 Å². The average molecular weight is 424 g/mol. The Morgan fingerprint density at radius 2 is 1.62 bits per heavy atom. The number of rotatable bonds is 3. The number of halogens is 2. The molecule has 0 aliphatic carbocycles. The number of carbonyl (C=O) groups excluding carboxylic acids is 2. The number of amides is 2. The summed E-state index contributed by atoms with van der Waals surface area (Å²) in [4.78, 5) is 27.7. The molecule has 142 valence electrons. The molecular weight excluding hydrogens is 413 g/mol. The first-order chi connectivity index (χ1) is 14.1. The van der Waals surface area contributed by atoms with Gasteiger partial charge in [0.2, 0.25) is 0 Å². The summed E-state index contributed by atoms with van der Waals surface area (Å²) in [6.45, 7) is 0. The Hall–Kier alpha value is -3.35. The van der Waals surface area contributed by atoms with Crippen LogP contribution < -0.4 is 4.90 Å². The van der Waals surface area contributed by atoms with Crippen LogP contribution in [0.2, 0.25) is 10.0 Å². The zero-order chi connectivity index (χ0) is 20.1. The average Bonchev–Trinajstić information content (AvgIpc) is 3.43. The molecule has 2 amide bonds. The maximum atomic E-state index is 13.3. The Morgan fingerprint density at radius 1 is 0.828 bits per heavy atom. The molecule has 2 aromatic heterocycles. The molecule has 4 aromatic rings. The highest BCUT2D eigenvalue weighted by molar-refractivity contribution is 6.42. The number of hydrogen-bond acceptors (Lipinski definition) is 4. The van der Waals surface area contributed by atoms with Crippen LogP contribution in [0.5, 0.6) is 0 Å². The van der Waals surface area contributed by atoms with Gasteiger partial charge in [-0.05, 0) is 42.5 Å². The monoisotopic (exact) mass is 423 g/mol. The second-order valence-electron chi connectivity index (χ2n) is 6.34. The lowest BCUT2D eigenvalue weighted by Gasteiger charge is -2.15. The van der Waals surface area contributed by atoms with Crippen LogP contribution in [0.25, 0.3) is 17.1 Å². The van der Waals surface area contributed by atoms with Gasteiger partial charge in [0.25, 0.3) is 11.8 Å². The molecule has 0 saturated heterocycles. The van der Waals surface area contributed by atoms with Gasteiger partial charge in [0.05, 0.1) is 27.7 Å². The van der Waals surface area contributed by atoms with Crippen molar-refractivity contribution < 1.29 is 14.0 Å². The Morgan fingerprint density at radius 3 is 2.31 bits per heavy atom. The predicted molar refractivity (Wildman–Crippen MR) is 109 cm³/mol. The van der Waals surface area contributed by atoms with Crippen molar-refractivity contribution in [3.05, 3.63) is 88.2 Å². The fraction of sp³-hybridized carbons (Fsp3) is 0. The maximum absolute atomic E-state index is 13.3. The summed E-state index contributed by atoms with van der Waals surface area (Å²) in [5.74, 6) is -0.609. The van der Waals surface area contributed by atoms with E-state index in [1.165, 1.54) is 17.0 Å². The molecule has 0 saturated carbocycles. The summed E-state index contributed by atoms with van der Waals surface area (Å²) >= 11 is 12.1. The molecule has 0 radical (unpaired) electrons. The lowest BCUT2D eigenvalue weighted by atomic mass is 10.1. The van der Waals surface area contributed by atoms with Gasteiger partial charge in [0.15, 0.2) is 5.76 Å². The van der Waals surface area contributed by atoms with Gasteiger partial charge in [-0.3, -0.25) is 9.59 Å². The van der Waals surface area contributed by atoms with Gasteiger partial charge in [-0.1, -0.05) is 41.4 Å². The number of fused-ring (bicyclic) bond motifs is 1. The summed E-state index contributed by atoms with van der Waals surface area (Å²) in [5, 5.41) is 5.09. The van der Waals surface area contributed by atoms with E-state index in [1.807, 2.05) is 18.2 Å². The second-order valence-corrected chi connectivity index (χ2v) is 7.16. The molecular formula is C21H11Cl2N3O3. The molecule has 8 heteroatoms.